The summed E-state index contributed by atoms with van der Waals surface area (Å²) in [6.45, 7) is 1.94. The van der Waals surface area contributed by atoms with Gasteiger partial charge in [-0.3, -0.25) is 0 Å². The van der Waals surface area contributed by atoms with Crippen molar-refractivity contribution in [3.8, 4) is 0 Å². The molecule has 1 atom stereocenters. The van der Waals surface area contributed by atoms with Gasteiger partial charge in [-0.05, 0) is 39.1 Å². The van der Waals surface area contributed by atoms with E-state index in [4.69, 9.17) is 22.5 Å². The molecule has 1 unspecified atom stereocenters. The van der Waals surface area contributed by atoms with Crippen LogP contribution in [-0.4, -0.2) is 49.2 Å². The molecule has 2 rings (SSSR count). The SMILES string of the molecule is CN(C)CC1CCCN1c1cccc(Cl)c1C(N)=NO. The number of anilines is 1. The Bertz CT molecular complexity index is 504. The number of nitrogens with zero attached hydrogens (tertiary/aromatic N) is 3. The predicted molar refractivity (Wildman–Crippen MR) is 82.9 cm³/mol. The van der Waals surface area contributed by atoms with Crippen LogP contribution in [0.1, 0.15) is 18.4 Å². The third kappa shape index (κ3) is 2.99. The quantitative estimate of drug-likeness (QED) is 0.386. The van der Waals surface area contributed by atoms with E-state index in [0.29, 0.717) is 16.6 Å². The summed E-state index contributed by atoms with van der Waals surface area (Å²) in [6.07, 6.45) is 2.28. The van der Waals surface area contributed by atoms with Crippen LogP contribution in [0.25, 0.3) is 0 Å². The van der Waals surface area contributed by atoms with E-state index >= 15 is 0 Å². The maximum absolute atomic E-state index is 8.97. The maximum Gasteiger partial charge on any atom is 0.173 e. The average Bonchev–Trinajstić information content (AvgIpc) is 2.84. The molecule has 1 aromatic carbocycles. The van der Waals surface area contributed by atoms with Gasteiger partial charge in [-0.1, -0.05) is 22.8 Å². The monoisotopic (exact) mass is 296 g/mol. The van der Waals surface area contributed by atoms with E-state index < -0.39 is 0 Å². The second kappa shape index (κ2) is 6.33. The standard InChI is InChI=1S/C14H21ClN4O/c1-18(2)9-10-5-4-8-19(10)12-7-3-6-11(15)13(12)14(16)17-20/h3,6-7,10,20H,4-5,8-9H2,1-2H3,(H2,16,17). The first kappa shape index (κ1) is 14.9. The Labute approximate surface area is 124 Å². The molecule has 6 heteroatoms. The highest BCUT2D eigenvalue weighted by atomic mass is 35.5. The molecule has 0 aliphatic carbocycles. The molecular weight excluding hydrogens is 276 g/mol. The summed E-state index contributed by atoms with van der Waals surface area (Å²) in [5.41, 5.74) is 7.34. The Kier molecular flexibility index (Phi) is 4.73. The number of nitrogens with two attached hydrogens (primary N) is 1. The van der Waals surface area contributed by atoms with Crippen LogP contribution in [0.2, 0.25) is 5.02 Å². The third-order valence-electron chi connectivity index (χ3n) is 3.62. The lowest BCUT2D eigenvalue weighted by Crippen LogP contribution is -2.38. The van der Waals surface area contributed by atoms with E-state index in [1.54, 1.807) is 6.07 Å². The molecule has 0 radical (unpaired) electrons. The number of likely N-dealkylation sites (N-methyl/N-ethyl adjacent to an activating group) is 1. The fourth-order valence-electron chi connectivity index (χ4n) is 2.82. The van der Waals surface area contributed by atoms with E-state index in [-0.39, 0.29) is 5.84 Å². The normalized spacial score (nSPS) is 19.9. The van der Waals surface area contributed by atoms with E-state index in [1.165, 1.54) is 0 Å². The molecule has 1 aromatic rings. The van der Waals surface area contributed by atoms with Crippen molar-refractivity contribution >= 4 is 23.1 Å². The number of oxime groups is 1. The molecule has 5 nitrogen and oxygen atoms in total. The fourth-order valence-corrected chi connectivity index (χ4v) is 3.09. The Balaban J connectivity index is 2.39. The molecule has 20 heavy (non-hydrogen) atoms. The first-order valence-electron chi connectivity index (χ1n) is 6.72. The Morgan fingerprint density at radius 3 is 2.95 bits per heavy atom. The van der Waals surface area contributed by atoms with E-state index in [1.807, 2.05) is 12.1 Å². The number of rotatable bonds is 4. The third-order valence-corrected chi connectivity index (χ3v) is 3.93. The Hall–Kier alpha value is -1.46. The van der Waals surface area contributed by atoms with Gasteiger partial charge in [0.15, 0.2) is 5.84 Å². The van der Waals surface area contributed by atoms with Crippen LogP contribution in [0.15, 0.2) is 23.4 Å². The highest BCUT2D eigenvalue weighted by molar-refractivity contribution is 6.34. The number of halogens is 1. The first-order chi connectivity index (χ1) is 9.54. The summed E-state index contributed by atoms with van der Waals surface area (Å²) < 4.78 is 0. The van der Waals surface area contributed by atoms with Gasteiger partial charge in [0.05, 0.1) is 10.6 Å². The van der Waals surface area contributed by atoms with Gasteiger partial charge in [0.25, 0.3) is 0 Å². The zero-order valence-corrected chi connectivity index (χ0v) is 12.6. The van der Waals surface area contributed by atoms with Crippen molar-refractivity contribution in [3.63, 3.8) is 0 Å². The molecule has 0 saturated carbocycles. The molecule has 1 aliphatic rings. The van der Waals surface area contributed by atoms with Gasteiger partial charge in [0, 0.05) is 24.8 Å². The summed E-state index contributed by atoms with van der Waals surface area (Å²) in [5, 5.41) is 12.6. The minimum Gasteiger partial charge on any atom is -0.409 e. The Morgan fingerprint density at radius 1 is 1.55 bits per heavy atom. The van der Waals surface area contributed by atoms with Gasteiger partial charge in [0.1, 0.15) is 0 Å². The summed E-state index contributed by atoms with van der Waals surface area (Å²) in [5.74, 6) is 0.0566. The highest BCUT2D eigenvalue weighted by Crippen LogP contribution is 2.32. The zero-order chi connectivity index (χ0) is 14.7. The molecule has 0 spiro atoms. The van der Waals surface area contributed by atoms with Gasteiger partial charge in [-0.25, -0.2) is 0 Å². The van der Waals surface area contributed by atoms with Crippen molar-refractivity contribution in [2.24, 2.45) is 10.9 Å². The molecule has 1 fully saturated rings. The minimum atomic E-state index is 0.0566. The van der Waals surface area contributed by atoms with Crippen LogP contribution in [0.3, 0.4) is 0 Å². The number of amidine groups is 1. The highest BCUT2D eigenvalue weighted by Gasteiger charge is 2.28. The second-order valence-electron chi connectivity index (χ2n) is 5.37. The van der Waals surface area contributed by atoms with Crippen LogP contribution < -0.4 is 10.6 Å². The summed E-state index contributed by atoms with van der Waals surface area (Å²) in [6, 6.07) is 6.06. The van der Waals surface area contributed by atoms with Crippen molar-refractivity contribution in [2.75, 3.05) is 32.1 Å². The molecule has 0 bridgehead atoms. The van der Waals surface area contributed by atoms with Crippen molar-refractivity contribution in [2.45, 2.75) is 18.9 Å². The van der Waals surface area contributed by atoms with Crippen LogP contribution in [0, 0.1) is 0 Å². The summed E-state index contributed by atoms with van der Waals surface area (Å²) >= 11 is 6.23. The molecule has 0 amide bonds. The molecule has 1 aliphatic heterocycles. The molecule has 0 aromatic heterocycles. The summed E-state index contributed by atoms with van der Waals surface area (Å²) in [4.78, 5) is 4.48. The van der Waals surface area contributed by atoms with Gasteiger partial charge in [-0.2, -0.15) is 0 Å². The zero-order valence-electron chi connectivity index (χ0n) is 11.9. The van der Waals surface area contributed by atoms with Gasteiger partial charge < -0.3 is 20.7 Å². The lowest BCUT2D eigenvalue weighted by atomic mass is 10.1. The van der Waals surface area contributed by atoms with Crippen molar-refractivity contribution in [3.05, 3.63) is 28.8 Å². The largest absolute Gasteiger partial charge is 0.409 e. The van der Waals surface area contributed by atoms with Crippen LogP contribution in [-0.2, 0) is 0 Å². The maximum atomic E-state index is 8.97. The van der Waals surface area contributed by atoms with E-state index in [9.17, 15) is 0 Å². The Morgan fingerprint density at radius 2 is 2.30 bits per heavy atom. The minimum absolute atomic E-state index is 0.0566. The first-order valence-corrected chi connectivity index (χ1v) is 7.10. The van der Waals surface area contributed by atoms with Crippen LogP contribution in [0.5, 0.6) is 0 Å². The number of hydrogen-bond acceptors (Lipinski definition) is 4. The van der Waals surface area contributed by atoms with E-state index in [2.05, 4.69) is 29.1 Å². The van der Waals surface area contributed by atoms with Gasteiger partial charge in [-0.15, -0.1) is 0 Å². The fraction of sp³-hybridized carbons (Fsp3) is 0.500. The topological polar surface area (TPSA) is 65.1 Å². The average molecular weight is 297 g/mol. The van der Waals surface area contributed by atoms with E-state index in [0.717, 1.165) is 31.6 Å². The molecule has 3 N–H and O–H groups in total. The van der Waals surface area contributed by atoms with Crippen LogP contribution in [0.4, 0.5) is 5.69 Å². The second-order valence-corrected chi connectivity index (χ2v) is 5.78. The summed E-state index contributed by atoms with van der Waals surface area (Å²) in [7, 11) is 4.14. The molecular formula is C14H21ClN4O. The lowest BCUT2D eigenvalue weighted by Gasteiger charge is -2.30. The molecule has 110 valence electrons. The van der Waals surface area contributed by atoms with Crippen molar-refractivity contribution < 1.29 is 5.21 Å². The van der Waals surface area contributed by atoms with Crippen molar-refractivity contribution in [1.82, 2.24) is 4.90 Å². The smallest absolute Gasteiger partial charge is 0.173 e. The lowest BCUT2D eigenvalue weighted by molar-refractivity contribution is 0.318. The van der Waals surface area contributed by atoms with Gasteiger partial charge in [0.2, 0.25) is 0 Å². The molecule has 1 saturated heterocycles. The molecule has 1 heterocycles. The van der Waals surface area contributed by atoms with Crippen LogP contribution >= 0.6 is 11.6 Å². The number of benzene rings is 1. The predicted octanol–water partition coefficient (Wildman–Crippen LogP) is 1.96. The van der Waals surface area contributed by atoms with Crippen molar-refractivity contribution in [1.29, 1.82) is 0 Å². The number of hydrogen-bond donors (Lipinski definition) is 2. The van der Waals surface area contributed by atoms with Gasteiger partial charge >= 0.3 is 0 Å².